The number of hydrogen-bond donors (Lipinski definition) is 1. The highest BCUT2D eigenvalue weighted by molar-refractivity contribution is 5.64. The summed E-state index contributed by atoms with van der Waals surface area (Å²) in [6, 6.07) is 18.8. The lowest BCUT2D eigenvalue weighted by atomic mass is 10.1. The van der Waals surface area contributed by atoms with Gasteiger partial charge in [0.15, 0.2) is 0 Å². The minimum Gasteiger partial charge on any atom is -0.298 e. The van der Waals surface area contributed by atoms with Crippen LogP contribution in [0.5, 0.6) is 0 Å². The van der Waals surface area contributed by atoms with E-state index in [0.29, 0.717) is 0 Å². The number of fused-ring (bicyclic) bond motifs is 1. The number of nitrogens with one attached hydrogen (secondary N) is 1. The summed E-state index contributed by atoms with van der Waals surface area (Å²) < 4.78 is 0. The van der Waals surface area contributed by atoms with Crippen molar-refractivity contribution < 1.29 is 0 Å². The molecule has 0 aromatic heterocycles. The number of hydrogen-bond acceptors (Lipinski definition) is 2. The molecule has 0 radical (unpaired) electrons. The van der Waals surface area contributed by atoms with Crippen molar-refractivity contribution in [1.29, 1.82) is 0 Å². The van der Waals surface area contributed by atoms with Crippen LogP contribution in [-0.2, 0) is 0 Å². The summed E-state index contributed by atoms with van der Waals surface area (Å²) in [5, 5.41) is 4.64. The van der Waals surface area contributed by atoms with Crippen LogP contribution in [0.1, 0.15) is 13.3 Å². The maximum atomic E-state index is 3.47. The molecule has 2 nitrogen and oxygen atoms in total. The maximum Gasteiger partial charge on any atom is 0.0623 e. The maximum absolute atomic E-state index is 3.47. The Labute approximate surface area is 107 Å². The molecular weight excluding hydrogens is 220 g/mol. The molecule has 2 heteroatoms. The van der Waals surface area contributed by atoms with E-state index in [2.05, 4.69) is 72.1 Å². The Bertz CT molecular complexity index is 659. The standard InChI is InChI=1S/C16H16N2/c1-2-16-15-11-7-6-8-13(15)12-18(17-16)14-9-4-3-5-10-14/h3-12,17H,2H2,1H3. The topological polar surface area (TPSA) is 15.3 Å². The predicted octanol–water partition coefficient (Wildman–Crippen LogP) is 1.97. The number of rotatable bonds is 2. The van der Waals surface area contributed by atoms with E-state index in [1.54, 1.807) is 0 Å². The monoisotopic (exact) mass is 236 g/mol. The molecule has 2 aromatic carbocycles. The van der Waals surface area contributed by atoms with E-state index in [4.69, 9.17) is 0 Å². The van der Waals surface area contributed by atoms with Gasteiger partial charge in [0.05, 0.1) is 5.69 Å². The van der Waals surface area contributed by atoms with Gasteiger partial charge in [0.2, 0.25) is 0 Å². The molecule has 1 heterocycles. The smallest absolute Gasteiger partial charge is 0.0623 e. The Morgan fingerprint density at radius 2 is 1.67 bits per heavy atom. The van der Waals surface area contributed by atoms with Gasteiger partial charge in [-0.05, 0) is 18.6 Å². The summed E-state index contributed by atoms with van der Waals surface area (Å²) in [6.07, 6.45) is 3.14. The molecule has 0 saturated carbocycles. The van der Waals surface area contributed by atoms with Crippen molar-refractivity contribution in [2.75, 3.05) is 5.01 Å². The quantitative estimate of drug-likeness (QED) is 0.857. The van der Waals surface area contributed by atoms with Crippen LogP contribution in [-0.4, -0.2) is 0 Å². The highest BCUT2D eigenvalue weighted by Gasteiger charge is 2.09. The lowest BCUT2D eigenvalue weighted by Crippen LogP contribution is -2.45. The zero-order chi connectivity index (χ0) is 12.4. The fraction of sp³-hybridized carbons (Fsp3) is 0.125. The fourth-order valence-electron chi connectivity index (χ4n) is 2.26. The zero-order valence-electron chi connectivity index (χ0n) is 10.4. The molecule has 90 valence electrons. The van der Waals surface area contributed by atoms with Gasteiger partial charge in [-0.2, -0.15) is 0 Å². The van der Waals surface area contributed by atoms with E-state index >= 15 is 0 Å². The average Bonchev–Trinajstić information content (AvgIpc) is 2.47. The summed E-state index contributed by atoms with van der Waals surface area (Å²) in [5.41, 5.74) is 5.88. The van der Waals surface area contributed by atoms with Gasteiger partial charge in [0.1, 0.15) is 0 Å². The highest BCUT2D eigenvalue weighted by Crippen LogP contribution is 2.14. The van der Waals surface area contributed by atoms with Crippen molar-refractivity contribution >= 4 is 17.6 Å². The summed E-state index contributed by atoms with van der Waals surface area (Å²) in [5.74, 6) is 0. The second kappa shape index (κ2) is 4.57. The molecule has 0 unspecified atom stereocenters. The van der Waals surface area contributed by atoms with E-state index in [1.807, 2.05) is 6.07 Å². The number of para-hydroxylation sites is 1. The average molecular weight is 236 g/mol. The predicted molar refractivity (Wildman–Crippen MR) is 75.9 cm³/mol. The SMILES string of the molecule is CCC1=c2ccccc2=CN(c2ccccc2)N1. The number of hydrazine groups is 1. The molecule has 2 aromatic rings. The Morgan fingerprint density at radius 3 is 2.44 bits per heavy atom. The van der Waals surface area contributed by atoms with E-state index in [9.17, 15) is 0 Å². The molecule has 0 spiro atoms. The number of benzene rings is 2. The number of anilines is 1. The zero-order valence-corrected chi connectivity index (χ0v) is 10.4. The lowest BCUT2D eigenvalue weighted by molar-refractivity contribution is 0.870. The first-order valence-corrected chi connectivity index (χ1v) is 6.29. The summed E-state index contributed by atoms with van der Waals surface area (Å²) >= 11 is 0. The first kappa shape index (κ1) is 10.9. The minimum atomic E-state index is 0.994. The third-order valence-electron chi connectivity index (χ3n) is 3.20. The van der Waals surface area contributed by atoms with Crippen molar-refractivity contribution in [3.05, 3.63) is 65.0 Å². The van der Waals surface area contributed by atoms with Crippen molar-refractivity contribution in [2.45, 2.75) is 13.3 Å². The van der Waals surface area contributed by atoms with Crippen LogP contribution in [0.4, 0.5) is 5.69 Å². The fourth-order valence-corrected chi connectivity index (χ4v) is 2.26. The molecule has 0 atom stereocenters. The Hall–Kier alpha value is -2.22. The molecule has 18 heavy (non-hydrogen) atoms. The third-order valence-corrected chi connectivity index (χ3v) is 3.20. The lowest BCUT2D eigenvalue weighted by Gasteiger charge is -2.27. The van der Waals surface area contributed by atoms with Crippen LogP contribution in [0, 0.1) is 0 Å². The molecule has 1 aliphatic rings. The van der Waals surface area contributed by atoms with Crippen LogP contribution >= 0.6 is 0 Å². The van der Waals surface area contributed by atoms with Crippen LogP contribution in [0.3, 0.4) is 0 Å². The van der Waals surface area contributed by atoms with Crippen LogP contribution in [0.15, 0.2) is 54.6 Å². The van der Waals surface area contributed by atoms with E-state index in [-0.39, 0.29) is 0 Å². The Morgan fingerprint density at radius 1 is 0.944 bits per heavy atom. The largest absolute Gasteiger partial charge is 0.298 e. The van der Waals surface area contributed by atoms with Gasteiger partial charge in [-0.15, -0.1) is 0 Å². The van der Waals surface area contributed by atoms with Gasteiger partial charge < -0.3 is 0 Å². The molecule has 0 aliphatic carbocycles. The molecule has 1 N–H and O–H groups in total. The Kier molecular flexibility index (Phi) is 2.77. The second-order valence-electron chi connectivity index (χ2n) is 4.37. The van der Waals surface area contributed by atoms with Gasteiger partial charge >= 0.3 is 0 Å². The van der Waals surface area contributed by atoms with Gasteiger partial charge in [-0.3, -0.25) is 10.4 Å². The molecule has 0 saturated heterocycles. The normalized spacial score (nSPS) is 13.6. The van der Waals surface area contributed by atoms with Crippen LogP contribution < -0.4 is 20.9 Å². The van der Waals surface area contributed by atoms with Gasteiger partial charge in [0.25, 0.3) is 0 Å². The van der Waals surface area contributed by atoms with Gasteiger partial charge in [-0.25, -0.2) is 0 Å². The number of nitrogens with zero attached hydrogens (tertiary/aromatic N) is 1. The van der Waals surface area contributed by atoms with Gasteiger partial charge in [0, 0.05) is 22.3 Å². The van der Waals surface area contributed by atoms with Crippen LogP contribution in [0.2, 0.25) is 0 Å². The first-order valence-electron chi connectivity index (χ1n) is 6.29. The Balaban J connectivity index is 2.14. The molecule has 1 aliphatic heterocycles. The second-order valence-corrected chi connectivity index (χ2v) is 4.37. The van der Waals surface area contributed by atoms with E-state index in [1.165, 1.54) is 16.1 Å². The first-order chi connectivity index (χ1) is 8.88. The van der Waals surface area contributed by atoms with Crippen molar-refractivity contribution in [1.82, 2.24) is 5.43 Å². The molecule has 0 fully saturated rings. The summed E-state index contributed by atoms with van der Waals surface area (Å²) in [6.45, 7) is 2.17. The summed E-state index contributed by atoms with van der Waals surface area (Å²) in [7, 11) is 0. The van der Waals surface area contributed by atoms with Crippen molar-refractivity contribution in [2.24, 2.45) is 0 Å². The molecule has 0 bridgehead atoms. The highest BCUT2D eigenvalue weighted by atomic mass is 15.5. The van der Waals surface area contributed by atoms with Gasteiger partial charge in [-0.1, -0.05) is 49.4 Å². The van der Waals surface area contributed by atoms with Crippen LogP contribution in [0.25, 0.3) is 11.9 Å². The molecular formula is C16H16N2. The minimum absolute atomic E-state index is 0.994. The third kappa shape index (κ3) is 1.86. The molecule has 0 amide bonds. The van der Waals surface area contributed by atoms with Crippen molar-refractivity contribution in [3.8, 4) is 0 Å². The molecule has 3 rings (SSSR count). The summed E-state index contributed by atoms with van der Waals surface area (Å²) in [4.78, 5) is 0. The van der Waals surface area contributed by atoms with E-state index < -0.39 is 0 Å². The van der Waals surface area contributed by atoms with Crippen molar-refractivity contribution in [3.63, 3.8) is 0 Å². The van der Waals surface area contributed by atoms with E-state index in [0.717, 1.165) is 12.1 Å².